The molecule has 1 saturated heterocycles. The van der Waals surface area contributed by atoms with Gasteiger partial charge in [0.2, 0.25) is 0 Å². The molecule has 0 N–H and O–H groups in total. The minimum atomic E-state index is -4.53. The largest absolute Gasteiger partial charge is 0.497 e. The number of alkyl halides is 3. The van der Waals surface area contributed by atoms with Gasteiger partial charge in [-0.15, -0.1) is 0 Å². The molecule has 2 aromatic rings. The Morgan fingerprint density at radius 3 is 2.11 bits per heavy atom. The van der Waals surface area contributed by atoms with Crippen molar-refractivity contribution in [3.05, 3.63) is 41.9 Å². The molecule has 0 spiro atoms. The molecule has 1 fully saturated rings. The predicted octanol–water partition coefficient (Wildman–Crippen LogP) is 2.48. The normalized spacial score (nSPS) is 14.8. The van der Waals surface area contributed by atoms with Crippen molar-refractivity contribution in [3.63, 3.8) is 0 Å². The lowest BCUT2D eigenvalue weighted by Crippen LogP contribution is -2.49. The molecular weight excluding hydrogens is 377 g/mol. The second-order valence-electron chi connectivity index (χ2n) is 6.14. The Morgan fingerprint density at radius 1 is 0.964 bits per heavy atom. The van der Waals surface area contributed by atoms with Gasteiger partial charge in [0.15, 0.2) is 0 Å². The molecule has 1 amide bonds. The van der Waals surface area contributed by atoms with Crippen LogP contribution in [-0.2, 0) is 6.18 Å². The SMILES string of the molecule is COc1cc(OC)cc(C(=O)N2CCN(c3cc(C(F)(F)F)ncn3)CC2)c1. The van der Waals surface area contributed by atoms with Crippen LogP contribution in [0.3, 0.4) is 0 Å². The predicted molar refractivity (Wildman–Crippen MR) is 94.7 cm³/mol. The van der Waals surface area contributed by atoms with Gasteiger partial charge in [-0.1, -0.05) is 0 Å². The lowest BCUT2D eigenvalue weighted by molar-refractivity contribution is -0.141. The van der Waals surface area contributed by atoms with E-state index in [1.165, 1.54) is 14.2 Å². The van der Waals surface area contributed by atoms with Gasteiger partial charge in [-0.2, -0.15) is 13.2 Å². The molecular formula is C18H19F3N4O3. The molecule has 0 saturated carbocycles. The average molecular weight is 396 g/mol. The molecule has 1 aliphatic heterocycles. The van der Waals surface area contributed by atoms with Crippen molar-refractivity contribution in [2.75, 3.05) is 45.3 Å². The van der Waals surface area contributed by atoms with Crippen molar-refractivity contribution in [1.29, 1.82) is 0 Å². The second-order valence-corrected chi connectivity index (χ2v) is 6.14. The maximum atomic E-state index is 12.8. The van der Waals surface area contributed by atoms with E-state index in [2.05, 4.69) is 9.97 Å². The van der Waals surface area contributed by atoms with Crippen LogP contribution in [-0.4, -0.2) is 61.2 Å². The number of piperazine rings is 1. The molecule has 1 aliphatic rings. The van der Waals surface area contributed by atoms with Crippen LogP contribution in [0.1, 0.15) is 16.1 Å². The van der Waals surface area contributed by atoms with E-state index in [4.69, 9.17) is 9.47 Å². The van der Waals surface area contributed by atoms with Gasteiger partial charge in [0.1, 0.15) is 29.3 Å². The number of rotatable bonds is 4. The van der Waals surface area contributed by atoms with Crippen LogP contribution in [0, 0.1) is 0 Å². The summed E-state index contributed by atoms with van der Waals surface area (Å²) in [6.45, 7) is 1.43. The number of amides is 1. The zero-order valence-corrected chi connectivity index (χ0v) is 15.4. The van der Waals surface area contributed by atoms with Gasteiger partial charge in [-0.25, -0.2) is 9.97 Å². The third-order valence-corrected chi connectivity index (χ3v) is 4.43. The first-order chi connectivity index (χ1) is 13.3. The van der Waals surface area contributed by atoms with Crippen LogP contribution in [0.15, 0.2) is 30.6 Å². The van der Waals surface area contributed by atoms with Crippen LogP contribution in [0.2, 0.25) is 0 Å². The zero-order chi connectivity index (χ0) is 20.3. The summed E-state index contributed by atoms with van der Waals surface area (Å²) >= 11 is 0. The van der Waals surface area contributed by atoms with E-state index in [-0.39, 0.29) is 11.7 Å². The number of nitrogens with zero attached hydrogens (tertiary/aromatic N) is 4. The van der Waals surface area contributed by atoms with Crippen LogP contribution < -0.4 is 14.4 Å². The number of halogens is 3. The van der Waals surface area contributed by atoms with Crippen molar-refractivity contribution in [2.24, 2.45) is 0 Å². The standard InChI is InChI=1S/C18H19F3N4O3/c1-27-13-7-12(8-14(9-13)28-2)17(26)25-5-3-24(4-6-25)16-10-15(18(19,20)21)22-11-23-16/h7-11H,3-6H2,1-2H3. The maximum Gasteiger partial charge on any atom is 0.433 e. The summed E-state index contributed by atoms with van der Waals surface area (Å²) in [4.78, 5) is 23.3. The van der Waals surface area contributed by atoms with E-state index < -0.39 is 11.9 Å². The van der Waals surface area contributed by atoms with E-state index in [1.807, 2.05) is 0 Å². The van der Waals surface area contributed by atoms with Crippen molar-refractivity contribution in [1.82, 2.24) is 14.9 Å². The number of ether oxygens (including phenoxy) is 2. The van der Waals surface area contributed by atoms with Crippen LogP contribution in [0.25, 0.3) is 0 Å². The van der Waals surface area contributed by atoms with Gasteiger partial charge in [0.25, 0.3) is 5.91 Å². The first-order valence-corrected chi connectivity index (χ1v) is 8.48. The minimum Gasteiger partial charge on any atom is -0.497 e. The van der Waals surface area contributed by atoms with Gasteiger partial charge < -0.3 is 19.3 Å². The molecule has 1 aromatic heterocycles. The Hall–Kier alpha value is -3.04. The molecule has 7 nitrogen and oxygen atoms in total. The molecule has 150 valence electrons. The highest BCUT2D eigenvalue weighted by Gasteiger charge is 2.33. The monoisotopic (exact) mass is 396 g/mol. The highest BCUT2D eigenvalue weighted by atomic mass is 19.4. The molecule has 0 aliphatic carbocycles. The summed E-state index contributed by atoms with van der Waals surface area (Å²) in [6, 6.07) is 5.83. The minimum absolute atomic E-state index is 0.192. The summed E-state index contributed by atoms with van der Waals surface area (Å²) in [7, 11) is 3.00. The Kier molecular flexibility index (Phi) is 5.57. The molecule has 0 atom stereocenters. The molecule has 1 aromatic carbocycles. The Bertz CT molecular complexity index is 830. The highest BCUT2D eigenvalue weighted by molar-refractivity contribution is 5.95. The van der Waals surface area contributed by atoms with Gasteiger partial charge in [-0.05, 0) is 12.1 Å². The lowest BCUT2D eigenvalue weighted by Gasteiger charge is -2.35. The van der Waals surface area contributed by atoms with E-state index in [1.54, 1.807) is 28.0 Å². The first-order valence-electron chi connectivity index (χ1n) is 8.48. The Labute approximate surface area is 159 Å². The fourth-order valence-corrected chi connectivity index (χ4v) is 2.93. The van der Waals surface area contributed by atoms with E-state index in [9.17, 15) is 18.0 Å². The van der Waals surface area contributed by atoms with Crippen LogP contribution in [0.4, 0.5) is 19.0 Å². The topological polar surface area (TPSA) is 67.8 Å². The van der Waals surface area contributed by atoms with Gasteiger partial charge >= 0.3 is 6.18 Å². The van der Waals surface area contributed by atoms with Crippen molar-refractivity contribution < 1.29 is 27.4 Å². The van der Waals surface area contributed by atoms with Crippen molar-refractivity contribution >= 4 is 11.7 Å². The smallest absolute Gasteiger partial charge is 0.433 e. The molecule has 10 heteroatoms. The van der Waals surface area contributed by atoms with E-state index in [0.717, 1.165) is 12.4 Å². The maximum absolute atomic E-state index is 12.8. The van der Waals surface area contributed by atoms with E-state index in [0.29, 0.717) is 43.2 Å². The van der Waals surface area contributed by atoms with Crippen LogP contribution in [0.5, 0.6) is 11.5 Å². The molecule has 0 unspecified atom stereocenters. The number of hydrogen-bond acceptors (Lipinski definition) is 6. The van der Waals surface area contributed by atoms with Gasteiger partial charge in [0, 0.05) is 43.9 Å². The number of anilines is 1. The average Bonchev–Trinajstić information content (AvgIpc) is 2.72. The number of carbonyl (C=O) groups is 1. The number of benzene rings is 1. The number of methoxy groups -OCH3 is 2. The number of hydrogen-bond donors (Lipinski definition) is 0. The summed E-state index contributed by atoms with van der Waals surface area (Å²) in [6.07, 6.45) is -3.63. The third-order valence-electron chi connectivity index (χ3n) is 4.43. The highest BCUT2D eigenvalue weighted by Crippen LogP contribution is 2.29. The quantitative estimate of drug-likeness (QED) is 0.791. The van der Waals surface area contributed by atoms with Crippen molar-refractivity contribution in [3.8, 4) is 11.5 Å². The fourth-order valence-electron chi connectivity index (χ4n) is 2.93. The fraction of sp³-hybridized carbons (Fsp3) is 0.389. The molecule has 0 bridgehead atoms. The van der Waals surface area contributed by atoms with Crippen LogP contribution >= 0.6 is 0 Å². The Balaban J connectivity index is 1.70. The van der Waals surface area contributed by atoms with Crippen molar-refractivity contribution in [2.45, 2.75) is 6.18 Å². The molecule has 0 radical (unpaired) electrons. The summed E-state index contributed by atoms with van der Waals surface area (Å²) in [5.74, 6) is 0.997. The molecule has 28 heavy (non-hydrogen) atoms. The number of carbonyl (C=O) groups excluding carboxylic acids is 1. The summed E-state index contributed by atoms with van der Waals surface area (Å²) in [5, 5.41) is 0. The molecule has 3 rings (SSSR count). The Morgan fingerprint density at radius 2 is 1.57 bits per heavy atom. The third kappa shape index (κ3) is 4.26. The zero-order valence-electron chi connectivity index (χ0n) is 15.4. The summed E-state index contributed by atoms with van der Waals surface area (Å²) < 4.78 is 48.9. The lowest BCUT2D eigenvalue weighted by atomic mass is 10.1. The van der Waals surface area contributed by atoms with Gasteiger partial charge in [-0.3, -0.25) is 4.79 Å². The first kappa shape index (κ1) is 19.7. The second kappa shape index (κ2) is 7.91. The summed E-state index contributed by atoms with van der Waals surface area (Å²) in [5.41, 5.74) is -0.564. The molecule has 2 heterocycles. The van der Waals surface area contributed by atoms with Gasteiger partial charge in [0.05, 0.1) is 14.2 Å². The number of aromatic nitrogens is 2. The van der Waals surface area contributed by atoms with E-state index >= 15 is 0 Å².